The van der Waals surface area contributed by atoms with Crippen molar-refractivity contribution in [2.24, 2.45) is 0 Å². The number of nitrogens with one attached hydrogen (secondary N) is 1. The largest absolute Gasteiger partial charge is 0.438 e. The van der Waals surface area contributed by atoms with Crippen LogP contribution >= 0.6 is 0 Å². The average molecular weight is 404 g/mol. The smallest absolute Gasteiger partial charge is 0.421 e. The van der Waals surface area contributed by atoms with E-state index >= 15 is 0 Å². The Hall–Kier alpha value is -3.42. The van der Waals surface area contributed by atoms with Crippen LogP contribution in [0, 0.1) is 19.7 Å². The van der Waals surface area contributed by atoms with Crippen LogP contribution in [0.5, 0.6) is 11.6 Å². The van der Waals surface area contributed by atoms with Crippen LogP contribution in [0.15, 0.2) is 54.6 Å². The van der Waals surface area contributed by atoms with E-state index in [4.69, 9.17) is 4.74 Å². The highest BCUT2D eigenvalue weighted by Gasteiger charge is 2.35. The second kappa shape index (κ2) is 7.90. The van der Waals surface area contributed by atoms with E-state index in [9.17, 15) is 22.4 Å². The molecule has 8 heteroatoms. The Labute approximate surface area is 164 Å². The van der Waals surface area contributed by atoms with Crippen molar-refractivity contribution in [1.29, 1.82) is 0 Å². The minimum atomic E-state index is -4.61. The number of benzene rings is 2. The summed E-state index contributed by atoms with van der Waals surface area (Å²) in [6.45, 7) is 3.17. The van der Waals surface area contributed by atoms with Crippen molar-refractivity contribution in [2.45, 2.75) is 20.0 Å². The van der Waals surface area contributed by atoms with Crippen LogP contribution in [0.2, 0.25) is 0 Å². The first-order chi connectivity index (χ1) is 13.6. The first kappa shape index (κ1) is 20.3. The number of ether oxygens (including phenoxy) is 1. The highest BCUT2D eigenvalue weighted by Crippen LogP contribution is 2.37. The molecule has 2 aromatic carbocycles. The maximum atomic E-state index is 13.9. The van der Waals surface area contributed by atoms with Crippen LogP contribution in [-0.2, 0) is 6.18 Å². The number of hydrogen-bond donors (Lipinski definition) is 1. The van der Waals surface area contributed by atoms with Gasteiger partial charge >= 0.3 is 6.18 Å². The highest BCUT2D eigenvalue weighted by atomic mass is 19.4. The van der Waals surface area contributed by atoms with Crippen molar-refractivity contribution in [3.8, 4) is 11.6 Å². The van der Waals surface area contributed by atoms with Gasteiger partial charge in [0, 0.05) is 11.4 Å². The second-order valence-electron chi connectivity index (χ2n) is 6.32. The third kappa shape index (κ3) is 4.71. The average Bonchev–Trinajstić information content (AvgIpc) is 2.62. The van der Waals surface area contributed by atoms with E-state index in [2.05, 4.69) is 10.3 Å². The number of carbonyl (C=O) groups is 1. The fourth-order valence-electron chi connectivity index (χ4n) is 2.66. The molecule has 0 atom stereocenters. The van der Waals surface area contributed by atoms with Crippen molar-refractivity contribution in [2.75, 3.05) is 5.32 Å². The Morgan fingerprint density at radius 2 is 1.69 bits per heavy atom. The van der Waals surface area contributed by atoms with Crippen LogP contribution in [0.3, 0.4) is 0 Å². The van der Waals surface area contributed by atoms with Gasteiger partial charge in [-0.25, -0.2) is 9.37 Å². The Kier molecular flexibility index (Phi) is 5.54. The lowest BCUT2D eigenvalue weighted by Gasteiger charge is -2.13. The molecule has 1 amide bonds. The molecule has 1 N–H and O–H groups in total. The van der Waals surface area contributed by atoms with Crippen LogP contribution in [0.4, 0.5) is 23.2 Å². The van der Waals surface area contributed by atoms with Gasteiger partial charge in [-0.1, -0.05) is 12.1 Å². The number of alkyl halides is 3. The van der Waals surface area contributed by atoms with Crippen molar-refractivity contribution in [3.63, 3.8) is 0 Å². The number of carbonyl (C=O) groups excluding carboxylic acids is 1. The van der Waals surface area contributed by atoms with E-state index in [0.29, 0.717) is 16.9 Å². The molecular formula is C21H16F4N2O2. The number of aromatic nitrogens is 1. The van der Waals surface area contributed by atoms with E-state index in [1.807, 2.05) is 0 Å². The maximum Gasteiger partial charge on any atom is 0.421 e. The Morgan fingerprint density at radius 3 is 2.31 bits per heavy atom. The van der Waals surface area contributed by atoms with Crippen LogP contribution in [0.25, 0.3) is 0 Å². The third-order valence-electron chi connectivity index (χ3n) is 4.08. The predicted molar refractivity (Wildman–Crippen MR) is 99.6 cm³/mol. The quantitative estimate of drug-likeness (QED) is 0.551. The zero-order valence-electron chi connectivity index (χ0n) is 15.5. The van der Waals surface area contributed by atoms with Crippen LogP contribution in [-0.4, -0.2) is 10.9 Å². The van der Waals surface area contributed by atoms with Gasteiger partial charge in [-0.15, -0.1) is 0 Å². The Morgan fingerprint density at radius 1 is 1.00 bits per heavy atom. The summed E-state index contributed by atoms with van der Waals surface area (Å²) in [7, 11) is 0. The molecule has 3 aromatic rings. The number of anilines is 1. The van der Waals surface area contributed by atoms with Crippen LogP contribution in [0.1, 0.15) is 27.2 Å². The van der Waals surface area contributed by atoms with Crippen molar-refractivity contribution >= 4 is 11.6 Å². The standard InChI is InChI=1S/C21H16F4N2O2/c1-12-4-3-5-17(22)18(12)19(28)27-14-7-9-15(10-8-14)29-20-16(21(23,24)25)11-6-13(2)26-20/h3-11H,1-2H3,(H,27,28). The predicted octanol–water partition coefficient (Wildman–Crippen LogP) is 5.90. The van der Waals surface area contributed by atoms with Gasteiger partial charge in [-0.05, 0) is 61.9 Å². The van der Waals surface area contributed by atoms with Crippen LogP contribution < -0.4 is 10.1 Å². The number of nitrogens with zero attached hydrogens (tertiary/aromatic N) is 1. The van der Waals surface area contributed by atoms with Crippen molar-refractivity contribution in [3.05, 3.63) is 82.8 Å². The summed E-state index contributed by atoms with van der Waals surface area (Å²) in [5, 5.41) is 2.55. The molecule has 1 aromatic heterocycles. The zero-order chi connectivity index (χ0) is 21.2. The van der Waals surface area contributed by atoms with E-state index in [1.165, 1.54) is 42.5 Å². The second-order valence-corrected chi connectivity index (χ2v) is 6.32. The van der Waals surface area contributed by atoms with Crippen molar-refractivity contribution < 1.29 is 27.1 Å². The van der Waals surface area contributed by atoms with Crippen molar-refractivity contribution in [1.82, 2.24) is 4.98 Å². The summed E-state index contributed by atoms with van der Waals surface area (Å²) in [5.74, 6) is -1.73. The summed E-state index contributed by atoms with van der Waals surface area (Å²) >= 11 is 0. The van der Waals surface area contributed by atoms with Gasteiger partial charge in [0.1, 0.15) is 17.1 Å². The summed E-state index contributed by atoms with van der Waals surface area (Å²) < 4.78 is 58.5. The van der Waals surface area contributed by atoms with Gasteiger partial charge < -0.3 is 10.1 Å². The molecule has 4 nitrogen and oxygen atoms in total. The molecule has 0 bridgehead atoms. The molecule has 3 rings (SSSR count). The fraction of sp³-hybridized carbons (Fsp3) is 0.143. The summed E-state index contributed by atoms with van der Waals surface area (Å²) in [6, 6.07) is 12.1. The molecule has 0 saturated carbocycles. The summed E-state index contributed by atoms with van der Waals surface area (Å²) in [6.07, 6.45) is -4.61. The molecule has 1 heterocycles. The third-order valence-corrected chi connectivity index (χ3v) is 4.08. The molecule has 0 saturated heterocycles. The van der Waals surface area contributed by atoms with E-state index < -0.39 is 29.3 Å². The topological polar surface area (TPSA) is 51.2 Å². The number of amides is 1. The SMILES string of the molecule is Cc1ccc(C(F)(F)F)c(Oc2ccc(NC(=O)c3c(C)cccc3F)cc2)n1. The Bertz CT molecular complexity index is 1030. The monoisotopic (exact) mass is 404 g/mol. The molecule has 0 radical (unpaired) electrons. The number of hydrogen-bond acceptors (Lipinski definition) is 3. The first-order valence-electron chi connectivity index (χ1n) is 8.54. The fourth-order valence-corrected chi connectivity index (χ4v) is 2.66. The molecule has 29 heavy (non-hydrogen) atoms. The minimum Gasteiger partial charge on any atom is -0.438 e. The molecule has 0 aliphatic rings. The lowest BCUT2D eigenvalue weighted by Crippen LogP contribution is -2.15. The van der Waals surface area contributed by atoms with E-state index in [0.717, 1.165) is 6.07 Å². The lowest BCUT2D eigenvalue weighted by molar-refractivity contribution is -0.138. The van der Waals surface area contributed by atoms with E-state index in [-0.39, 0.29) is 11.3 Å². The van der Waals surface area contributed by atoms with Gasteiger partial charge in [-0.2, -0.15) is 13.2 Å². The molecule has 150 valence electrons. The highest BCUT2D eigenvalue weighted by molar-refractivity contribution is 6.05. The first-order valence-corrected chi connectivity index (χ1v) is 8.54. The maximum absolute atomic E-state index is 13.9. The van der Waals surface area contributed by atoms with Gasteiger partial charge in [0.25, 0.3) is 5.91 Å². The minimum absolute atomic E-state index is 0.0772. The number of halogens is 4. The Balaban J connectivity index is 1.78. The normalized spacial score (nSPS) is 11.2. The van der Waals surface area contributed by atoms with Gasteiger partial charge in [-0.3, -0.25) is 4.79 Å². The number of aryl methyl sites for hydroxylation is 2. The molecular weight excluding hydrogens is 388 g/mol. The van der Waals surface area contributed by atoms with Gasteiger partial charge in [0.15, 0.2) is 0 Å². The number of rotatable bonds is 4. The lowest BCUT2D eigenvalue weighted by atomic mass is 10.1. The molecule has 0 aliphatic carbocycles. The molecule has 0 fully saturated rings. The van der Waals surface area contributed by atoms with E-state index in [1.54, 1.807) is 19.9 Å². The van der Waals surface area contributed by atoms with Gasteiger partial charge in [0.2, 0.25) is 5.88 Å². The zero-order valence-corrected chi connectivity index (χ0v) is 15.5. The summed E-state index contributed by atoms with van der Waals surface area (Å²) in [4.78, 5) is 16.1. The number of pyridine rings is 1. The molecule has 0 unspecified atom stereocenters. The molecule has 0 spiro atoms. The van der Waals surface area contributed by atoms with Gasteiger partial charge in [0.05, 0.1) is 5.56 Å². The summed E-state index contributed by atoms with van der Waals surface area (Å²) in [5.41, 5.74) is 0.116. The molecule has 0 aliphatic heterocycles.